The predicted molar refractivity (Wildman–Crippen MR) is 134 cm³/mol. The predicted octanol–water partition coefficient (Wildman–Crippen LogP) is 4.56. The van der Waals surface area contributed by atoms with Crippen molar-refractivity contribution < 1.29 is 44.4 Å². The van der Waals surface area contributed by atoms with Gasteiger partial charge in [-0.15, -0.1) is 0 Å². The van der Waals surface area contributed by atoms with E-state index in [0.29, 0.717) is 10.9 Å². The molecule has 0 spiro atoms. The second-order valence-electron chi connectivity index (χ2n) is 8.62. The zero-order chi connectivity index (χ0) is 31.1. The maximum atomic E-state index is 14.6. The van der Waals surface area contributed by atoms with E-state index in [2.05, 4.69) is 20.3 Å². The number of benzene rings is 1. The van der Waals surface area contributed by atoms with E-state index in [1.54, 1.807) is 6.07 Å². The molecule has 4 aromatic rings. The van der Waals surface area contributed by atoms with E-state index < -0.39 is 69.2 Å². The summed E-state index contributed by atoms with van der Waals surface area (Å²) in [6.07, 6.45) is -2.03. The highest BCUT2D eigenvalue weighted by Crippen LogP contribution is 2.35. The van der Waals surface area contributed by atoms with E-state index in [1.165, 1.54) is 24.4 Å². The van der Waals surface area contributed by atoms with Crippen LogP contribution >= 0.6 is 0 Å². The smallest absolute Gasteiger partial charge is 0.280 e. The Bertz CT molecular complexity index is 1840. The molecule has 40 heavy (non-hydrogen) atoms. The summed E-state index contributed by atoms with van der Waals surface area (Å²) in [4.78, 5) is 24.3. The molecular weight excluding hydrogens is 556 g/mol. The Morgan fingerprint density at radius 3 is 2.83 bits per heavy atom. The largest absolute Gasteiger partial charge is 0.489 e. The lowest BCUT2D eigenvalue weighted by atomic mass is 10.1. The molecule has 1 aromatic carbocycles. The van der Waals surface area contributed by atoms with Crippen LogP contribution in [0.4, 0.5) is 17.6 Å². The highest BCUT2D eigenvalue weighted by atomic mass is 32.2. The summed E-state index contributed by atoms with van der Waals surface area (Å²) in [5.41, 5.74) is -2.62. The molecule has 3 aromatic heterocycles. The van der Waals surface area contributed by atoms with E-state index in [0.717, 1.165) is 18.2 Å². The molecule has 0 radical (unpaired) electrons. The summed E-state index contributed by atoms with van der Waals surface area (Å²) in [7, 11) is -7.56. The van der Waals surface area contributed by atoms with Crippen LogP contribution in [0.25, 0.3) is 22.2 Å². The Morgan fingerprint density at radius 2 is 2.05 bits per heavy atom. The van der Waals surface area contributed by atoms with Gasteiger partial charge in [-0.05, 0) is 42.5 Å². The monoisotopic (exact) mass is 579 g/mol. The summed E-state index contributed by atoms with van der Waals surface area (Å²) in [5.74, 6) is -3.23. The minimum atomic E-state index is -4.59. The van der Waals surface area contributed by atoms with E-state index in [9.17, 15) is 30.8 Å². The number of fused-ring (bicyclic) bond motifs is 2. The molecule has 0 saturated carbocycles. The number of halogens is 4. The Labute approximate surface area is 229 Å². The van der Waals surface area contributed by atoms with Crippen molar-refractivity contribution in [3.8, 4) is 22.9 Å². The van der Waals surface area contributed by atoms with Crippen molar-refractivity contribution in [2.24, 2.45) is 0 Å². The van der Waals surface area contributed by atoms with Gasteiger partial charge in [0.15, 0.2) is 11.6 Å². The first-order chi connectivity index (χ1) is 20.2. The molecule has 208 valence electrons. The molecule has 5 rings (SSSR count). The van der Waals surface area contributed by atoms with Crippen molar-refractivity contribution in [2.45, 2.75) is 29.8 Å². The number of sulfone groups is 1. The van der Waals surface area contributed by atoms with Gasteiger partial charge in [0.05, 0.1) is 46.8 Å². The molecule has 9 nitrogen and oxygen atoms in total. The van der Waals surface area contributed by atoms with Crippen LogP contribution in [-0.2, 0) is 16.4 Å². The molecule has 0 fully saturated rings. The number of amides is 1. The molecule has 4 heterocycles. The second-order valence-corrected chi connectivity index (χ2v) is 10.7. The van der Waals surface area contributed by atoms with Gasteiger partial charge in [-0.2, -0.15) is 0 Å². The lowest BCUT2D eigenvalue weighted by Crippen LogP contribution is -2.24. The van der Waals surface area contributed by atoms with Gasteiger partial charge in [-0.25, -0.2) is 35.9 Å². The van der Waals surface area contributed by atoms with Crippen molar-refractivity contribution in [2.75, 3.05) is 13.6 Å². The minimum absolute atomic E-state index is 0.0359. The van der Waals surface area contributed by atoms with Crippen molar-refractivity contribution in [3.05, 3.63) is 71.4 Å². The van der Waals surface area contributed by atoms with E-state index >= 15 is 0 Å². The second kappa shape index (κ2) is 10.7. The standard InChI is InChI=1S/C26H20F4N4O5S/c1-38-26-16(3-5-19(34-26)24(29)30)18-4-2-13-11-31-15(10-20(13)33-18)12-32-25(35)14-8-17(27)23-21(9-14)40(36,37)22(28)6-7-39-23/h2-5,8-11,22,24H,6-7,12H2,1H3,(H,32,35)/t22-/m1/s1/i1D3. The molecule has 0 bridgehead atoms. The van der Waals surface area contributed by atoms with Crippen LogP contribution in [-0.4, -0.2) is 48.4 Å². The number of aromatic nitrogens is 3. The number of hydrogen-bond acceptors (Lipinski definition) is 8. The zero-order valence-electron chi connectivity index (χ0n) is 23.2. The number of alkyl halides is 3. The molecular formula is C26H20F4N4O5S. The van der Waals surface area contributed by atoms with Crippen LogP contribution in [0.2, 0.25) is 0 Å². The summed E-state index contributed by atoms with van der Waals surface area (Å²) >= 11 is 0. The lowest BCUT2D eigenvalue weighted by molar-refractivity contribution is 0.0949. The van der Waals surface area contributed by atoms with Gasteiger partial charge in [0, 0.05) is 23.6 Å². The zero-order valence-corrected chi connectivity index (χ0v) is 21.0. The summed E-state index contributed by atoms with van der Waals surface area (Å²) in [6, 6.07) is 8.40. The molecule has 0 aliphatic carbocycles. The van der Waals surface area contributed by atoms with Gasteiger partial charge < -0.3 is 14.8 Å². The first kappa shape index (κ1) is 23.5. The molecule has 14 heteroatoms. The molecule has 1 amide bonds. The number of nitrogens with zero attached hydrogens (tertiary/aromatic N) is 3. The molecule has 0 saturated heterocycles. The fourth-order valence-corrected chi connectivity index (χ4v) is 5.41. The van der Waals surface area contributed by atoms with Crippen molar-refractivity contribution in [3.63, 3.8) is 0 Å². The number of nitrogens with one attached hydrogen (secondary N) is 1. The normalized spacial score (nSPS) is 17.6. The number of hydrogen-bond donors (Lipinski definition) is 1. The highest BCUT2D eigenvalue weighted by molar-refractivity contribution is 7.92. The fraction of sp³-hybridized carbons (Fsp3) is 0.231. The summed E-state index contributed by atoms with van der Waals surface area (Å²) < 4.78 is 112. The van der Waals surface area contributed by atoms with Gasteiger partial charge in [0.2, 0.25) is 21.2 Å². The first-order valence-electron chi connectivity index (χ1n) is 13.1. The van der Waals surface area contributed by atoms with Gasteiger partial charge >= 0.3 is 0 Å². The average molecular weight is 580 g/mol. The topological polar surface area (TPSA) is 120 Å². The van der Waals surface area contributed by atoms with E-state index in [4.69, 9.17) is 13.6 Å². The number of ether oxygens (including phenoxy) is 2. The Morgan fingerprint density at radius 1 is 1.23 bits per heavy atom. The average Bonchev–Trinajstić information content (AvgIpc) is 3.05. The van der Waals surface area contributed by atoms with Crippen LogP contribution in [0.3, 0.4) is 0 Å². The third kappa shape index (κ3) is 5.13. The number of carbonyl (C=O) groups excluding carboxylic acids is 1. The molecule has 1 aliphatic rings. The maximum absolute atomic E-state index is 14.6. The summed E-state index contributed by atoms with van der Waals surface area (Å²) in [5, 5.41) is 3.01. The maximum Gasteiger partial charge on any atom is 0.280 e. The van der Waals surface area contributed by atoms with Gasteiger partial charge in [-0.3, -0.25) is 9.78 Å². The third-order valence-corrected chi connectivity index (χ3v) is 7.87. The first-order valence-corrected chi connectivity index (χ1v) is 13.1. The highest BCUT2D eigenvalue weighted by Gasteiger charge is 2.35. The van der Waals surface area contributed by atoms with Crippen LogP contribution in [0, 0.1) is 5.82 Å². The van der Waals surface area contributed by atoms with Crippen molar-refractivity contribution in [1.29, 1.82) is 0 Å². The van der Waals surface area contributed by atoms with Crippen molar-refractivity contribution in [1.82, 2.24) is 20.3 Å². The minimum Gasteiger partial charge on any atom is -0.489 e. The summed E-state index contributed by atoms with van der Waals surface area (Å²) in [6.45, 7) is -0.572. The Kier molecular flexibility index (Phi) is 6.29. The molecule has 1 atom stereocenters. The molecule has 1 aliphatic heterocycles. The molecule has 1 N–H and O–H groups in total. The van der Waals surface area contributed by atoms with Gasteiger partial charge in [-0.1, -0.05) is 0 Å². The van der Waals surface area contributed by atoms with Crippen LogP contribution < -0.4 is 14.8 Å². The lowest BCUT2D eigenvalue weighted by Gasteiger charge is -2.12. The number of methoxy groups -OCH3 is 1. The fourth-order valence-electron chi connectivity index (χ4n) is 4.02. The van der Waals surface area contributed by atoms with Crippen molar-refractivity contribution >= 4 is 26.6 Å². The van der Waals surface area contributed by atoms with Crippen LogP contribution in [0.1, 0.15) is 38.7 Å². The van der Waals surface area contributed by atoms with E-state index in [-0.39, 0.29) is 35.7 Å². The quantitative estimate of drug-likeness (QED) is 0.330. The number of carbonyl (C=O) groups is 1. The van der Waals surface area contributed by atoms with Gasteiger partial charge in [0.1, 0.15) is 10.6 Å². The number of pyridine rings is 3. The Hall–Kier alpha value is -4.33. The Balaban J connectivity index is 1.41. The number of rotatable bonds is 6. The third-order valence-electron chi connectivity index (χ3n) is 6.04. The van der Waals surface area contributed by atoms with Gasteiger partial charge in [0.25, 0.3) is 12.3 Å². The van der Waals surface area contributed by atoms with Crippen LogP contribution in [0.5, 0.6) is 11.6 Å². The van der Waals surface area contributed by atoms with E-state index in [1.807, 2.05) is 0 Å². The molecule has 0 unspecified atom stereocenters. The SMILES string of the molecule is [2H]C([2H])([2H])Oc1nc(C(F)F)ccc1-c1ccc2cnc(CNC(=O)c3cc(F)c4c(c3)S(=O)(=O)[C@@H](F)CCO4)cc2n1. The van der Waals surface area contributed by atoms with Crippen LogP contribution in [0.15, 0.2) is 53.6 Å².